The van der Waals surface area contributed by atoms with Gasteiger partial charge in [0.1, 0.15) is 0 Å². The number of hydrogen-bond acceptors (Lipinski definition) is 2. The predicted molar refractivity (Wildman–Crippen MR) is 250 cm³/mol. The van der Waals surface area contributed by atoms with Crippen LogP contribution in [-0.2, 0) is 0 Å². The van der Waals surface area contributed by atoms with Gasteiger partial charge in [-0.2, -0.15) is 0 Å². The zero-order chi connectivity index (χ0) is 39.6. The molecule has 9 aromatic carbocycles. The van der Waals surface area contributed by atoms with E-state index in [1.165, 1.54) is 60.5 Å². The van der Waals surface area contributed by atoms with Crippen LogP contribution in [0, 0.1) is 0 Å². The molecule has 0 radical (unpaired) electrons. The van der Waals surface area contributed by atoms with Crippen molar-refractivity contribution < 1.29 is 0 Å². The fourth-order valence-corrected chi connectivity index (χ4v) is 9.10. The van der Waals surface area contributed by atoms with Crippen molar-refractivity contribution in [1.82, 2.24) is 19.1 Å². The van der Waals surface area contributed by atoms with Crippen LogP contribution in [0.15, 0.2) is 218 Å². The summed E-state index contributed by atoms with van der Waals surface area (Å²) in [6.07, 6.45) is 0. The molecule has 0 aliphatic heterocycles. The van der Waals surface area contributed by atoms with Crippen molar-refractivity contribution in [2.45, 2.75) is 0 Å². The lowest BCUT2D eigenvalue weighted by atomic mass is 9.98. The molecule has 0 aliphatic rings. The van der Waals surface area contributed by atoms with Gasteiger partial charge in [-0.15, -0.1) is 0 Å². The van der Waals surface area contributed by atoms with Gasteiger partial charge in [-0.25, -0.2) is 9.97 Å². The summed E-state index contributed by atoms with van der Waals surface area (Å²) in [5.74, 6) is 0.708. The van der Waals surface area contributed by atoms with E-state index in [9.17, 15) is 0 Å². The van der Waals surface area contributed by atoms with Crippen molar-refractivity contribution in [2.75, 3.05) is 0 Å². The minimum absolute atomic E-state index is 0.708. The highest BCUT2D eigenvalue weighted by molar-refractivity contribution is 6.12. The average molecular weight is 765 g/mol. The number of nitrogens with zero attached hydrogens (tertiary/aromatic N) is 4. The molecule has 0 bridgehead atoms. The lowest BCUT2D eigenvalue weighted by Gasteiger charge is -2.12. The van der Waals surface area contributed by atoms with E-state index in [4.69, 9.17) is 9.97 Å². The minimum atomic E-state index is 0.708. The topological polar surface area (TPSA) is 35.6 Å². The number of fused-ring (bicyclic) bond motifs is 7. The maximum Gasteiger partial charge on any atom is 0.160 e. The number of para-hydroxylation sites is 4. The summed E-state index contributed by atoms with van der Waals surface area (Å²) in [4.78, 5) is 10.2. The third-order valence-electron chi connectivity index (χ3n) is 11.9. The Bertz CT molecular complexity index is 3580. The monoisotopic (exact) mass is 764 g/mol. The molecule has 4 nitrogen and oxygen atoms in total. The Labute approximate surface area is 346 Å². The highest BCUT2D eigenvalue weighted by Crippen LogP contribution is 2.38. The molecular formula is C56H36N4. The molecule has 12 aromatic rings. The molecule has 280 valence electrons. The van der Waals surface area contributed by atoms with Crippen LogP contribution < -0.4 is 0 Å². The van der Waals surface area contributed by atoms with Gasteiger partial charge in [-0.3, -0.25) is 0 Å². The summed E-state index contributed by atoms with van der Waals surface area (Å²) in [7, 11) is 0. The van der Waals surface area contributed by atoms with E-state index in [0.717, 1.165) is 44.4 Å². The Morgan fingerprint density at radius 3 is 1.37 bits per heavy atom. The molecule has 0 N–H and O–H groups in total. The fourth-order valence-electron chi connectivity index (χ4n) is 9.10. The Kier molecular flexibility index (Phi) is 7.82. The predicted octanol–water partition coefficient (Wildman–Crippen LogP) is 14.5. The molecule has 3 heterocycles. The molecule has 3 aromatic heterocycles. The second-order valence-electron chi connectivity index (χ2n) is 15.4. The molecule has 0 spiro atoms. The van der Waals surface area contributed by atoms with Crippen molar-refractivity contribution in [3.8, 4) is 56.3 Å². The van der Waals surface area contributed by atoms with Crippen molar-refractivity contribution >= 4 is 54.5 Å². The van der Waals surface area contributed by atoms with Crippen LogP contribution in [0.1, 0.15) is 0 Å². The van der Waals surface area contributed by atoms with E-state index in [1.54, 1.807) is 0 Å². The molecule has 0 fully saturated rings. The molecule has 60 heavy (non-hydrogen) atoms. The zero-order valence-corrected chi connectivity index (χ0v) is 32.6. The van der Waals surface area contributed by atoms with E-state index >= 15 is 0 Å². The van der Waals surface area contributed by atoms with E-state index in [0.29, 0.717) is 5.82 Å². The smallest absolute Gasteiger partial charge is 0.160 e. The van der Waals surface area contributed by atoms with Crippen LogP contribution in [0.4, 0.5) is 0 Å². The average Bonchev–Trinajstić information content (AvgIpc) is 3.84. The molecule has 0 unspecified atom stereocenters. The van der Waals surface area contributed by atoms with Crippen LogP contribution in [0.2, 0.25) is 0 Å². The van der Waals surface area contributed by atoms with E-state index in [1.807, 2.05) is 12.1 Å². The summed E-state index contributed by atoms with van der Waals surface area (Å²) in [5.41, 5.74) is 15.7. The Balaban J connectivity index is 0.918. The summed E-state index contributed by atoms with van der Waals surface area (Å²) in [6, 6.07) is 78.0. The van der Waals surface area contributed by atoms with Gasteiger partial charge in [0.15, 0.2) is 5.82 Å². The van der Waals surface area contributed by atoms with Gasteiger partial charge < -0.3 is 9.13 Å². The molecule has 4 heteroatoms. The summed E-state index contributed by atoms with van der Waals surface area (Å²) in [6.45, 7) is 0. The standard InChI is InChI=1S/C56H36N4/c1-3-14-39(15-4-1)55-47-22-7-10-23-50(47)57-56(58-55)42-16-13-19-44(34-42)60-52-25-12-9-21-46(52)49-36-41(31-33-54(49)60)38-28-26-37(27-29-38)40-30-32-53-48(35-40)45-20-8-11-24-51(45)59(53)43-17-5-2-6-18-43/h1-36H. The van der Waals surface area contributed by atoms with Gasteiger partial charge in [0, 0.05) is 49.4 Å². The van der Waals surface area contributed by atoms with Gasteiger partial charge in [-0.05, 0) is 89.0 Å². The first-order chi connectivity index (χ1) is 29.7. The first kappa shape index (κ1) is 34.0. The highest BCUT2D eigenvalue weighted by Gasteiger charge is 2.17. The highest BCUT2D eigenvalue weighted by atomic mass is 15.0. The van der Waals surface area contributed by atoms with Gasteiger partial charge in [0.2, 0.25) is 0 Å². The number of benzene rings is 9. The number of hydrogen-bond donors (Lipinski definition) is 0. The molecule has 0 saturated carbocycles. The van der Waals surface area contributed by atoms with Crippen LogP contribution in [-0.4, -0.2) is 19.1 Å². The summed E-state index contributed by atoms with van der Waals surface area (Å²) < 4.78 is 4.73. The van der Waals surface area contributed by atoms with Crippen molar-refractivity contribution in [3.05, 3.63) is 218 Å². The van der Waals surface area contributed by atoms with Crippen molar-refractivity contribution in [3.63, 3.8) is 0 Å². The maximum atomic E-state index is 5.18. The SMILES string of the molecule is c1ccc(-c2nc(-c3cccc(-n4c5ccccc5c5cc(-c6ccc(-c7ccc8c(c7)c7ccccc7n8-c7ccccc7)cc6)ccc54)c3)nc3ccccc23)cc1. The third-order valence-corrected chi connectivity index (χ3v) is 11.9. The van der Waals surface area contributed by atoms with Crippen LogP contribution in [0.5, 0.6) is 0 Å². The molecule has 0 aliphatic carbocycles. The van der Waals surface area contributed by atoms with Gasteiger partial charge >= 0.3 is 0 Å². The fraction of sp³-hybridized carbons (Fsp3) is 0. The van der Waals surface area contributed by atoms with Crippen LogP contribution in [0.25, 0.3) is 111 Å². The Hall–Kier alpha value is -8.08. The summed E-state index contributed by atoms with van der Waals surface area (Å²) in [5, 5.41) is 5.98. The van der Waals surface area contributed by atoms with Crippen molar-refractivity contribution in [1.29, 1.82) is 0 Å². The zero-order valence-electron chi connectivity index (χ0n) is 32.6. The van der Waals surface area contributed by atoms with E-state index in [-0.39, 0.29) is 0 Å². The lowest BCUT2D eigenvalue weighted by molar-refractivity contribution is 1.17. The first-order valence-electron chi connectivity index (χ1n) is 20.4. The number of rotatable bonds is 6. The van der Waals surface area contributed by atoms with E-state index in [2.05, 4.69) is 215 Å². The first-order valence-corrected chi connectivity index (χ1v) is 20.4. The second kappa shape index (κ2) is 13.8. The largest absolute Gasteiger partial charge is 0.309 e. The van der Waals surface area contributed by atoms with E-state index < -0.39 is 0 Å². The second-order valence-corrected chi connectivity index (χ2v) is 15.4. The lowest BCUT2D eigenvalue weighted by Crippen LogP contribution is -1.97. The third kappa shape index (κ3) is 5.53. The molecule has 0 saturated heterocycles. The number of aromatic nitrogens is 4. The van der Waals surface area contributed by atoms with Crippen molar-refractivity contribution in [2.24, 2.45) is 0 Å². The van der Waals surface area contributed by atoms with Gasteiger partial charge in [0.05, 0.1) is 33.3 Å². The normalized spacial score (nSPS) is 11.7. The summed E-state index contributed by atoms with van der Waals surface area (Å²) >= 11 is 0. The van der Waals surface area contributed by atoms with Gasteiger partial charge in [0.25, 0.3) is 0 Å². The quantitative estimate of drug-likeness (QED) is 0.169. The molecular weight excluding hydrogens is 729 g/mol. The molecule has 0 amide bonds. The van der Waals surface area contributed by atoms with Crippen LogP contribution >= 0.6 is 0 Å². The molecule has 12 rings (SSSR count). The maximum absolute atomic E-state index is 5.18. The minimum Gasteiger partial charge on any atom is -0.309 e. The Morgan fingerprint density at radius 2 is 0.733 bits per heavy atom. The molecule has 0 atom stereocenters. The van der Waals surface area contributed by atoms with Gasteiger partial charge in [-0.1, -0.05) is 152 Å². The van der Waals surface area contributed by atoms with Crippen LogP contribution in [0.3, 0.4) is 0 Å². The Morgan fingerprint density at radius 1 is 0.267 bits per heavy atom.